The molecule has 2 rings (SSSR count). The molecule has 1 aliphatic heterocycles. The van der Waals surface area contributed by atoms with Gasteiger partial charge in [0, 0.05) is 26.3 Å². The fraction of sp³-hybridized carbons (Fsp3) is 0.643. The van der Waals surface area contributed by atoms with Crippen molar-refractivity contribution in [2.45, 2.75) is 38.8 Å². The fourth-order valence-corrected chi connectivity index (χ4v) is 2.34. The van der Waals surface area contributed by atoms with Gasteiger partial charge in [0.05, 0.1) is 6.04 Å². The second-order valence-corrected chi connectivity index (χ2v) is 6.55. The van der Waals surface area contributed by atoms with Crippen LogP contribution >= 0.6 is 11.6 Å². The molecule has 0 aliphatic carbocycles. The first-order valence-corrected chi connectivity index (χ1v) is 7.33. The Labute approximate surface area is 130 Å². The van der Waals surface area contributed by atoms with E-state index in [4.69, 9.17) is 16.3 Å². The lowest BCUT2D eigenvalue weighted by Crippen LogP contribution is -2.39. The third-order valence-corrected chi connectivity index (χ3v) is 3.50. The Hall–Kier alpha value is -1.56. The van der Waals surface area contributed by atoms with Gasteiger partial charge in [-0.25, -0.2) is 14.8 Å². The number of likely N-dealkylation sites (tertiary alicyclic amines) is 1. The molecule has 0 bridgehead atoms. The van der Waals surface area contributed by atoms with Crippen molar-refractivity contribution < 1.29 is 9.53 Å². The van der Waals surface area contributed by atoms with Gasteiger partial charge in [-0.3, -0.25) is 0 Å². The molecule has 1 amide bonds. The van der Waals surface area contributed by atoms with E-state index in [1.54, 1.807) is 17.2 Å². The normalized spacial score (nSPS) is 18.7. The maximum atomic E-state index is 12.1. The van der Waals surface area contributed by atoms with Gasteiger partial charge in [-0.1, -0.05) is 11.6 Å². The van der Waals surface area contributed by atoms with E-state index in [1.165, 1.54) is 0 Å². The van der Waals surface area contributed by atoms with Crippen LogP contribution in [0.15, 0.2) is 12.3 Å². The second kappa shape index (κ2) is 6.05. The largest absolute Gasteiger partial charge is 0.444 e. The van der Waals surface area contributed by atoms with Gasteiger partial charge in [0.2, 0.25) is 5.95 Å². The van der Waals surface area contributed by atoms with Crippen LogP contribution < -0.4 is 4.90 Å². The summed E-state index contributed by atoms with van der Waals surface area (Å²) in [5.41, 5.74) is -0.475. The van der Waals surface area contributed by atoms with Crippen molar-refractivity contribution in [2.24, 2.45) is 0 Å². The Bertz CT molecular complexity index is 518. The summed E-state index contributed by atoms with van der Waals surface area (Å²) in [7, 11) is 1.91. The van der Waals surface area contributed by atoms with E-state index in [9.17, 15) is 4.79 Å². The minimum absolute atomic E-state index is 0.163. The number of carbonyl (C=O) groups is 1. The van der Waals surface area contributed by atoms with Crippen LogP contribution in [0.5, 0.6) is 0 Å². The monoisotopic (exact) mass is 312 g/mol. The smallest absolute Gasteiger partial charge is 0.410 e. The van der Waals surface area contributed by atoms with Crippen LogP contribution in [-0.2, 0) is 4.74 Å². The van der Waals surface area contributed by atoms with Gasteiger partial charge in [-0.15, -0.1) is 0 Å². The Morgan fingerprint density at radius 1 is 1.52 bits per heavy atom. The van der Waals surface area contributed by atoms with E-state index in [2.05, 4.69) is 9.97 Å². The molecule has 7 heteroatoms. The molecule has 0 aromatic carbocycles. The Morgan fingerprint density at radius 2 is 2.24 bits per heavy atom. The SMILES string of the molecule is CN(c1nccc(Cl)n1)[C@H]1CCN(C(=O)OC(C)(C)C)C1. The number of likely N-dealkylation sites (N-methyl/N-ethyl adjacent to an activating group) is 1. The summed E-state index contributed by atoms with van der Waals surface area (Å²) in [6.45, 7) is 6.87. The lowest BCUT2D eigenvalue weighted by atomic mass is 10.2. The molecular formula is C14H21ClN4O2. The average molecular weight is 313 g/mol. The van der Waals surface area contributed by atoms with Gasteiger partial charge in [0.15, 0.2) is 0 Å². The van der Waals surface area contributed by atoms with Crippen molar-refractivity contribution >= 4 is 23.6 Å². The van der Waals surface area contributed by atoms with Crippen LogP contribution in [-0.4, -0.2) is 52.7 Å². The van der Waals surface area contributed by atoms with Crippen LogP contribution in [0, 0.1) is 0 Å². The van der Waals surface area contributed by atoms with Gasteiger partial charge in [-0.2, -0.15) is 0 Å². The van der Waals surface area contributed by atoms with Crippen LogP contribution in [0.25, 0.3) is 0 Å². The summed E-state index contributed by atoms with van der Waals surface area (Å²) in [5.74, 6) is 0.568. The highest BCUT2D eigenvalue weighted by molar-refractivity contribution is 6.29. The molecule has 0 N–H and O–H groups in total. The van der Waals surface area contributed by atoms with Crippen LogP contribution in [0.1, 0.15) is 27.2 Å². The fourth-order valence-electron chi connectivity index (χ4n) is 2.21. The highest BCUT2D eigenvalue weighted by atomic mass is 35.5. The quantitative estimate of drug-likeness (QED) is 0.786. The number of hydrogen-bond acceptors (Lipinski definition) is 5. The van der Waals surface area contributed by atoms with Gasteiger partial charge >= 0.3 is 6.09 Å². The third-order valence-electron chi connectivity index (χ3n) is 3.29. The third kappa shape index (κ3) is 4.20. The van der Waals surface area contributed by atoms with E-state index < -0.39 is 5.60 Å². The summed E-state index contributed by atoms with van der Waals surface area (Å²) >= 11 is 5.89. The molecule has 2 heterocycles. The molecule has 21 heavy (non-hydrogen) atoms. The first-order chi connectivity index (χ1) is 9.76. The van der Waals surface area contributed by atoms with Crippen molar-refractivity contribution in [3.05, 3.63) is 17.4 Å². The number of aromatic nitrogens is 2. The maximum absolute atomic E-state index is 12.1. The minimum Gasteiger partial charge on any atom is -0.444 e. The Morgan fingerprint density at radius 3 is 2.86 bits per heavy atom. The molecule has 0 unspecified atom stereocenters. The predicted molar refractivity (Wildman–Crippen MR) is 81.7 cm³/mol. The number of nitrogens with zero attached hydrogens (tertiary/aromatic N) is 4. The van der Waals surface area contributed by atoms with Gasteiger partial charge in [0.25, 0.3) is 0 Å². The minimum atomic E-state index is -0.475. The van der Waals surface area contributed by atoms with E-state index in [0.717, 1.165) is 6.42 Å². The zero-order valence-corrected chi connectivity index (χ0v) is 13.6. The first-order valence-electron chi connectivity index (χ1n) is 6.95. The van der Waals surface area contributed by atoms with Crippen molar-refractivity contribution in [1.82, 2.24) is 14.9 Å². The summed E-state index contributed by atoms with van der Waals surface area (Å²) in [4.78, 5) is 24.1. The highest BCUT2D eigenvalue weighted by Gasteiger charge is 2.32. The summed E-state index contributed by atoms with van der Waals surface area (Å²) < 4.78 is 5.39. The average Bonchev–Trinajstić information content (AvgIpc) is 2.85. The maximum Gasteiger partial charge on any atom is 0.410 e. The van der Waals surface area contributed by atoms with Crippen LogP contribution in [0.3, 0.4) is 0 Å². The number of anilines is 1. The van der Waals surface area contributed by atoms with Gasteiger partial charge in [0.1, 0.15) is 10.8 Å². The Kier molecular flexibility index (Phi) is 4.56. The molecule has 1 aromatic rings. The number of hydrogen-bond donors (Lipinski definition) is 0. The van der Waals surface area contributed by atoms with Crippen LogP contribution in [0.4, 0.5) is 10.7 Å². The molecule has 0 radical (unpaired) electrons. The summed E-state index contributed by atoms with van der Waals surface area (Å²) in [5, 5.41) is 0.411. The molecule has 0 spiro atoms. The topological polar surface area (TPSA) is 58.6 Å². The van der Waals surface area contributed by atoms with E-state index in [0.29, 0.717) is 24.2 Å². The number of carbonyl (C=O) groups excluding carboxylic acids is 1. The molecule has 1 fully saturated rings. The molecule has 1 atom stereocenters. The van der Waals surface area contributed by atoms with E-state index in [1.807, 2.05) is 32.7 Å². The number of ether oxygens (including phenoxy) is 1. The standard InChI is InChI=1S/C14H21ClN4O2/c1-14(2,3)21-13(20)19-8-6-10(9-19)18(4)12-16-7-5-11(15)17-12/h5,7,10H,6,8-9H2,1-4H3/t10-/m0/s1. The summed E-state index contributed by atoms with van der Waals surface area (Å²) in [6, 6.07) is 1.80. The lowest BCUT2D eigenvalue weighted by molar-refractivity contribution is 0.0292. The van der Waals surface area contributed by atoms with E-state index >= 15 is 0 Å². The van der Waals surface area contributed by atoms with Crippen molar-refractivity contribution in [3.8, 4) is 0 Å². The lowest BCUT2D eigenvalue weighted by Gasteiger charge is -2.26. The first kappa shape index (κ1) is 15.8. The van der Waals surface area contributed by atoms with Crippen molar-refractivity contribution in [3.63, 3.8) is 0 Å². The second-order valence-electron chi connectivity index (χ2n) is 6.16. The molecule has 6 nitrogen and oxygen atoms in total. The zero-order valence-electron chi connectivity index (χ0n) is 12.8. The predicted octanol–water partition coefficient (Wildman–Crippen LogP) is 2.58. The molecule has 116 valence electrons. The number of halogens is 1. The molecule has 1 aromatic heterocycles. The van der Waals surface area contributed by atoms with Crippen molar-refractivity contribution in [1.29, 1.82) is 0 Å². The van der Waals surface area contributed by atoms with E-state index in [-0.39, 0.29) is 12.1 Å². The Balaban J connectivity index is 1.97. The van der Waals surface area contributed by atoms with Crippen LogP contribution in [0.2, 0.25) is 5.15 Å². The zero-order chi connectivity index (χ0) is 15.6. The molecule has 1 aliphatic rings. The molecule has 1 saturated heterocycles. The van der Waals surface area contributed by atoms with Gasteiger partial charge in [-0.05, 0) is 33.3 Å². The van der Waals surface area contributed by atoms with Crippen molar-refractivity contribution in [2.75, 3.05) is 25.0 Å². The molecular weight excluding hydrogens is 292 g/mol. The number of rotatable bonds is 2. The highest BCUT2D eigenvalue weighted by Crippen LogP contribution is 2.21. The summed E-state index contributed by atoms with van der Waals surface area (Å²) in [6.07, 6.45) is 2.21. The molecule has 0 saturated carbocycles. The number of amides is 1. The van der Waals surface area contributed by atoms with Gasteiger partial charge < -0.3 is 14.5 Å².